The second-order valence-corrected chi connectivity index (χ2v) is 7.75. The van der Waals surface area contributed by atoms with E-state index in [0.29, 0.717) is 46.0 Å². The lowest BCUT2D eigenvalue weighted by Crippen LogP contribution is -2.21. The second kappa shape index (κ2) is 8.41. The SMILES string of the molecule is COc1cc(COC2CCC2)cc(OC)c1-c1csc2c(NC(=O)O)c(OC)nn12. The third kappa shape index (κ3) is 3.63. The van der Waals surface area contributed by atoms with Crippen LogP contribution >= 0.6 is 11.3 Å². The molecule has 10 heteroatoms. The van der Waals surface area contributed by atoms with E-state index in [1.807, 2.05) is 17.5 Å². The number of thiazole rings is 1. The monoisotopic (exact) mass is 433 g/mol. The number of benzene rings is 1. The van der Waals surface area contributed by atoms with Crippen LogP contribution in [0.5, 0.6) is 17.4 Å². The number of anilines is 1. The normalized spacial score (nSPS) is 13.8. The molecule has 0 saturated heterocycles. The van der Waals surface area contributed by atoms with Crippen LogP contribution in [0.3, 0.4) is 0 Å². The zero-order valence-electron chi connectivity index (χ0n) is 16.9. The first-order valence-electron chi connectivity index (χ1n) is 9.46. The molecule has 0 radical (unpaired) electrons. The molecular weight excluding hydrogens is 410 g/mol. The third-order valence-corrected chi connectivity index (χ3v) is 6.05. The molecule has 3 aromatic rings. The molecule has 0 atom stereocenters. The van der Waals surface area contributed by atoms with Gasteiger partial charge in [-0.2, -0.15) is 0 Å². The molecule has 2 aromatic heterocycles. The molecular formula is C20H23N3O6S. The summed E-state index contributed by atoms with van der Waals surface area (Å²) < 4.78 is 24.1. The van der Waals surface area contributed by atoms with Crippen molar-refractivity contribution in [3.63, 3.8) is 0 Å². The number of fused-ring (bicyclic) bond motifs is 1. The maximum Gasteiger partial charge on any atom is 0.409 e. The van der Waals surface area contributed by atoms with Crippen LogP contribution in [0, 0.1) is 0 Å². The van der Waals surface area contributed by atoms with Crippen LogP contribution in [-0.4, -0.2) is 48.2 Å². The highest BCUT2D eigenvalue weighted by Gasteiger charge is 2.25. The summed E-state index contributed by atoms with van der Waals surface area (Å²) in [6.45, 7) is 0.485. The van der Waals surface area contributed by atoms with Crippen molar-refractivity contribution in [1.29, 1.82) is 0 Å². The van der Waals surface area contributed by atoms with Gasteiger partial charge in [-0.05, 0) is 37.0 Å². The Bertz CT molecular complexity index is 1050. The number of carbonyl (C=O) groups is 1. The summed E-state index contributed by atoms with van der Waals surface area (Å²) in [5, 5.41) is 17.8. The summed E-state index contributed by atoms with van der Waals surface area (Å²) in [5.74, 6) is 1.42. The van der Waals surface area contributed by atoms with Crippen molar-refractivity contribution in [2.45, 2.75) is 32.0 Å². The van der Waals surface area contributed by atoms with Gasteiger partial charge in [-0.25, -0.2) is 9.31 Å². The summed E-state index contributed by atoms with van der Waals surface area (Å²) in [7, 11) is 4.64. The number of methoxy groups -OCH3 is 3. The van der Waals surface area contributed by atoms with Crippen molar-refractivity contribution < 1.29 is 28.8 Å². The van der Waals surface area contributed by atoms with E-state index in [0.717, 1.165) is 18.4 Å². The number of aromatic nitrogens is 2. The van der Waals surface area contributed by atoms with E-state index in [1.54, 1.807) is 18.7 Å². The maximum atomic E-state index is 11.2. The van der Waals surface area contributed by atoms with Gasteiger partial charge in [0.05, 0.1) is 45.3 Å². The molecule has 0 bridgehead atoms. The molecule has 1 aromatic carbocycles. The minimum Gasteiger partial charge on any atom is -0.496 e. The smallest absolute Gasteiger partial charge is 0.409 e. The molecule has 30 heavy (non-hydrogen) atoms. The van der Waals surface area contributed by atoms with E-state index in [2.05, 4.69) is 10.4 Å². The molecule has 2 heterocycles. The second-order valence-electron chi connectivity index (χ2n) is 6.89. The van der Waals surface area contributed by atoms with E-state index in [-0.39, 0.29) is 5.88 Å². The average molecular weight is 433 g/mol. The Hall–Kier alpha value is -2.98. The fourth-order valence-corrected chi connectivity index (χ4v) is 4.33. The van der Waals surface area contributed by atoms with E-state index < -0.39 is 6.09 Å². The van der Waals surface area contributed by atoms with Gasteiger partial charge in [0.25, 0.3) is 5.88 Å². The number of amides is 1. The minimum absolute atomic E-state index is 0.189. The van der Waals surface area contributed by atoms with Crippen LogP contribution < -0.4 is 19.5 Å². The Morgan fingerprint density at radius 3 is 2.47 bits per heavy atom. The number of rotatable bonds is 8. The van der Waals surface area contributed by atoms with Crippen molar-refractivity contribution in [1.82, 2.24) is 9.61 Å². The highest BCUT2D eigenvalue weighted by atomic mass is 32.1. The summed E-state index contributed by atoms with van der Waals surface area (Å²) >= 11 is 1.34. The lowest BCUT2D eigenvalue weighted by molar-refractivity contribution is -0.00877. The lowest BCUT2D eigenvalue weighted by atomic mass is 9.96. The van der Waals surface area contributed by atoms with E-state index in [4.69, 9.17) is 24.1 Å². The number of hydrogen-bond donors (Lipinski definition) is 2. The third-order valence-electron chi connectivity index (χ3n) is 5.11. The maximum absolute atomic E-state index is 11.2. The van der Waals surface area contributed by atoms with Crippen molar-refractivity contribution in [3.05, 3.63) is 23.1 Å². The topological polar surface area (TPSA) is 104 Å². The Balaban J connectivity index is 1.77. The molecule has 1 amide bonds. The Kier molecular flexibility index (Phi) is 5.69. The predicted octanol–water partition coefficient (Wildman–Crippen LogP) is 4.25. The summed E-state index contributed by atoms with van der Waals surface area (Å²) in [5.41, 5.74) is 2.67. The highest BCUT2D eigenvalue weighted by molar-refractivity contribution is 7.16. The van der Waals surface area contributed by atoms with Crippen molar-refractivity contribution in [2.75, 3.05) is 26.6 Å². The molecule has 1 aliphatic carbocycles. The minimum atomic E-state index is -1.19. The first-order valence-corrected chi connectivity index (χ1v) is 10.3. The molecule has 0 aliphatic heterocycles. The van der Waals surface area contributed by atoms with Crippen LogP contribution in [0.15, 0.2) is 17.5 Å². The number of nitrogens with one attached hydrogen (secondary N) is 1. The molecule has 160 valence electrons. The fraction of sp³-hybridized carbons (Fsp3) is 0.400. The van der Waals surface area contributed by atoms with Crippen molar-refractivity contribution >= 4 is 27.9 Å². The molecule has 0 spiro atoms. The zero-order chi connectivity index (χ0) is 21.3. The number of nitrogens with zero attached hydrogens (tertiary/aromatic N) is 2. The Labute approximate surface area is 177 Å². The van der Waals surface area contributed by atoms with Crippen LogP contribution in [0.4, 0.5) is 10.5 Å². The standard InChI is InChI=1S/C20H23N3O6S/c1-26-14-7-11(9-29-12-5-4-6-12)8-15(27-2)16(14)13-10-30-19-17(21-20(24)25)18(28-3)22-23(13)19/h7-8,10,12,21H,4-6,9H2,1-3H3,(H,24,25). The average Bonchev–Trinajstić information content (AvgIpc) is 3.25. The first kappa shape index (κ1) is 20.3. The molecule has 1 aliphatic rings. The van der Waals surface area contributed by atoms with E-state index in [9.17, 15) is 4.79 Å². The summed E-state index contributed by atoms with van der Waals surface area (Å²) in [6, 6.07) is 3.86. The van der Waals surface area contributed by atoms with Gasteiger partial charge in [0.2, 0.25) is 0 Å². The van der Waals surface area contributed by atoms with Gasteiger partial charge in [0.1, 0.15) is 22.0 Å². The van der Waals surface area contributed by atoms with Gasteiger partial charge >= 0.3 is 6.09 Å². The van der Waals surface area contributed by atoms with E-state index in [1.165, 1.54) is 24.9 Å². The number of hydrogen-bond acceptors (Lipinski definition) is 7. The largest absolute Gasteiger partial charge is 0.496 e. The van der Waals surface area contributed by atoms with E-state index >= 15 is 0 Å². The first-order chi connectivity index (χ1) is 14.5. The molecule has 1 saturated carbocycles. The lowest BCUT2D eigenvalue weighted by Gasteiger charge is -2.25. The number of carboxylic acid groups (broad SMARTS) is 1. The van der Waals surface area contributed by atoms with Gasteiger partial charge in [-0.1, -0.05) is 0 Å². The molecule has 0 unspecified atom stereocenters. The van der Waals surface area contributed by atoms with Crippen molar-refractivity contribution in [2.24, 2.45) is 0 Å². The number of ether oxygens (including phenoxy) is 4. The van der Waals surface area contributed by atoms with Crippen LogP contribution in [0.1, 0.15) is 24.8 Å². The van der Waals surface area contributed by atoms with Crippen LogP contribution in [0.25, 0.3) is 16.1 Å². The van der Waals surface area contributed by atoms with Gasteiger partial charge in [-0.3, -0.25) is 5.32 Å². The quantitative estimate of drug-likeness (QED) is 0.547. The van der Waals surface area contributed by atoms with Crippen LogP contribution in [-0.2, 0) is 11.3 Å². The zero-order valence-corrected chi connectivity index (χ0v) is 17.7. The summed E-state index contributed by atoms with van der Waals surface area (Å²) in [6.07, 6.45) is 2.57. The van der Waals surface area contributed by atoms with Gasteiger partial charge in [0, 0.05) is 5.38 Å². The van der Waals surface area contributed by atoms with Gasteiger partial charge < -0.3 is 24.1 Å². The van der Waals surface area contributed by atoms with Gasteiger partial charge in [0.15, 0.2) is 0 Å². The molecule has 1 fully saturated rings. The van der Waals surface area contributed by atoms with Crippen molar-refractivity contribution in [3.8, 4) is 28.6 Å². The fourth-order valence-electron chi connectivity index (χ4n) is 3.39. The molecule has 9 nitrogen and oxygen atoms in total. The summed E-state index contributed by atoms with van der Waals surface area (Å²) in [4.78, 5) is 11.8. The Morgan fingerprint density at radius 2 is 1.93 bits per heavy atom. The highest BCUT2D eigenvalue weighted by Crippen LogP contribution is 2.44. The molecule has 2 N–H and O–H groups in total. The Morgan fingerprint density at radius 1 is 1.23 bits per heavy atom. The molecule has 4 rings (SSSR count). The van der Waals surface area contributed by atoms with Crippen LogP contribution in [0.2, 0.25) is 0 Å². The van der Waals surface area contributed by atoms with Gasteiger partial charge in [-0.15, -0.1) is 16.4 Å². The predicted molar refractivity (Wildman–Crippen MR) is 112 cm³/mol.